The average molecular weight is 463 g/mol. The van der Waals surface area contributed by atoms with E-state index in [4.69, 9.17) is 20.8 Å². The first kappa shape index (κ1) is 21.3. The zero-order valence-electron chi connectivity index (χ0n) is 16.6. The summed E-state index contributed by atoms with van der Waals surface area (Å²) in [5.41, 5.74) is 1.62. The van der Waals surface area contributed by atoms with Crippen LogP contribution >= 0.6 is 11.6 Å². The van der Waals surface area contributed by atoms with Crippen LogP contribution in [0.25, 0.3) is 17.0 Å². The Morgan fingerprint density at radius 1 is 1.35 bits per heavy atom. The van der Waals surface area contributed by atoms with Crippen LogP contribution in [0.15, 0.2) is 40.8 Å². The maximum absolute atomic E-state index is 12.2. The molecule has 0 N–H and O–H groups in total. The van der Waals surface area contributed by atoms with Crippen LogP contribution in [0, 0.1) is 6.92 Å². The molecule has 4 rings (SSSR count). The van der Waals surface area contributed by atoms with E-state index in [-0.39, 0.29) is 28.5 Å². The summed E-state index contributed by atoms with van der Waals surface area (Å²) in [5.74, 6) is -0.977. The number of aromatic nitrogens is 2. The molecule has 0 spiro atoms. The summed E-state index contributed by atoms with van der Waals surface area (Å²) < 4.78 is 35.4. The molecule has 8 nitrogen and oxygen atoms in total. The van der Waals surface area contributed by atoms with E-state index in [1.165, 1.54) is 10.8 Å². The lowest BCUT2D eigenvalue weighted by Crippen LogP contribution is -2.12. The summed E-state index contributed by atoms with van der Waals surface area (Å²) in [6.07, 6.45) is 3.04. The third-order valence-electron chi connectivity index (χ3n) is 5.06. The minimum atomic E-state index is -3.09. The van der Waals surface area contributed by atoms with Gasteiger partial charge in [-0.1, -0.05) is 29.8 Å². The van der Waals surface area contributed by atoms with Gasteiger partial charge >= 0.3 is 5.97 Å². The molecular formula is C21H19ClN2O6S. The highest BCUT2D eigenvalue weighted by atomic mass is 35.5. The van der Waals surface area contributed by atoms with Gasteiger partial charge in [0.05, 0.1) is 23.2 Å². The Kier molecular flexibility index (Phi) is 5.72. The first-order chi connectivity index (χ1) is 14.7. The number of rotatable bonds is 6. The van der Waals surface area contributed by atoms with Crippen molar-refractivity contribution < 1.29 is 27.2 Å². The van der Waals surface area contributed by atoms with Crippen molar-refractivity contribution in [1.29, 1.82) is 0 Å². The van der Waals surface area contributed by atoms with E-state index in [1.807, 2.05) is 12.1 Å². The highest BCUT2D eigenvalue weighted by molar-refractivity contribution is 7.91. The van der Waals surface area contributed by atoms with Crippen molar-refractivity contribution in [2.24, 2.45) is 0 Å². The van der Waals surface area contributed by atoms with Crippen molar-refractivity contribution in [3.63, 3.8) is 0 Å². The quantitative estimate of drug-likeness (QED) is 0.314. The zero-order valence-corrected chi connectivity index (χ0v) is 18.1. The van der Waals surface area contributed by atoms with Gasteiger partial charge in [0, 0.05) is 17.0 Å². The first-order valence-corrected chi connectivity index (χ1v) is 11.7. The molecule has 31 heavy (non-hydrogen) atoms. The summed E-state index contributed by atoms with van der Waals surface area (Å²) in [5, 5.41) is 5.36. The van der Waals surface area contributed by atoms with Gasteiger partial charge < -0.3 is 9.15 Å². The molecule has 3 heterocycles. The molecule has 0 radical (unpaired) electrons. The summed E-state index contributed by atoms with van der Waals surface area (Å²) in [4.78, 5) is 24.3. The Labute approximate surface area is 183 Å². The topological polar surface area (TPSA) is 108 Å². The van der Waals surface area contributed by atoms with Gasteiger partial charge in [-0.3, -0.25) is 4.79 Å². The van der Waals surface area contributed by atoms with Crippen LogP contribution in [-0.4, -0.2) is 48.1 Å². The number of fused-ring (bicyclic) bond motifs is 1. The highest BCUT2D eigenvalue weighted by Crippen LogP contribution is 2.30. The van der Waals surface area contributed by atoms with Gasteiger partial charge in [0.1, 0.15) is 10.7 Å². The number of halogens is 1. The molecule has 162 valence electrons. The van der Waals surface area contributed by atoms with Gasteiger partial charge in [-0.2, -0.15) is 5.10 Å². The number of carbonyl (C=O) groups excluding carboxylic acids is 2. The summed E-state index contributed by atoms with van der Waals surface area (Å²) in [6, 6.07) is 8.46. The van der Waals surface area contributed by atoms with Crippen LogP contribution in [-0.2, 0) is 19.4 Å². The zero-order chi connectivity index (χ0) is 22.2. The molecule has 1 aromatic carbocycles. The second kappa shape index (κ2) is 8.32. The Hall–Kier alpha value is -2.91. The molecule has 1 fully saturated rings. The number of ether oxygens (including phenoxy) is 1. The lowest BCUT2D eigenvalue weighted by Gasteiger charge is -2.09. The predicted octanol–water partition coefficient (Wildman–Crippen LogP) is 3.39. The Morgan fingerprint density at radius 2 is 2.13 bits per heavy atom. The number of hydrogen-bond donors (Lipinski definition) is 0. The van der Waals surface area contributed by atoms with E-state index < -0.39 is 28.2 Å². The molecule has 1 aliphatic heterocycles. The Balaban J connectivity index is 1.39. The predicted molar refractivity (Wildman–Crippen MR) is 115 cm³/mol. The van der Waals surface area contributed by atoms with E-state index in [0.29, 0.717) is 23.3 Å². The Morgan fingerprint density at radius 3 is 2.84 bits per heavy atom. The second-order valence-corrected chi connectivity index (χ2v) is 9.89. The number of furan rings is 1. The SMILES string of the molecule is Cc1nn([C@H]2CCS(=O)(=O)C2)c(Cl)c1/C=C/C(=O)OCC(=O)c1cc2ccccc2o1. The number of esters is 1. The number of hydrogen-bond acceptors (Lipinski definition) is 7. The standard InChI is InChI=1S/C21H19ClN2O6S/c1-13-16(21(22)24(23-13)15-8-9-31(27,28)12-15)6-7-20(26)29-11-17(25)19-10-14-4-2-3-5-18(14)30-19/h2-7,10,15H,8-9,11-12H2,1H3/b7-6+/t15-/m0/s1. The van der Waals surface area contributed by atoms with E-state index in [2.05, 4.69) is 5.10 Å². The molecular weight excluding hydrogens is 444 g/mol. The number of benzene rings is 1. The van der Waals surface area contributed by atoms with Gasteiger partial charge in [0.15, 0.2) is 22.2 Å². The van der Waals surface area contributed by atoms with Crippen LogP contribution in [0.4, 0.5) is 0 Å². The summed E-state index contributed by atoms with van der Waals surface area (Å²) in [6.45, 7) is 1.25. The third-order valence-corrected chi connectivity index (χ3v) is 7.18. The normalized spacial score (nSPS) is 18.1. The minimum absolute atomic E-state index is 0.0110. The summed E-state index contributed by atoms with van der Waals surface area (Å²) in [7, 11) is -3.09. The van der Waals surface area contributed by atoms with E-state index >= 15 is 0 Å². The maximum atomic E-state index is 12.2. The molecule has 0 amide bonds. The van der Waals surface area contributed by atoms with Crippen LogP contribution in [0.2, 0.25) is 5.15 Å². The van der Waals surface area contributed by atoms with Crippen LogP contribution in [0.3, 0.4) is 0 Å². The molecule has 1 atom stereocenters. The highest BCUT2D eigenvalue weighted by Gasteiger charge is 2.31. The van der Waals surface area contributed by atoms with E-state index in [0.717, 1.165) is 11.5 Å². The number of Topliss-reactive ketones (excluding diaryl/α,β-unsaturated/α-hetero) is 1. The lowest BCUT2D eigenvalue weighted by molar-refractivity contribution is -0.136. The van der Waals surface area contributed by atoms with Gasteiger partial charge in [-0.25, -0.2) is 17.9 Å². The molecule has 0 bridgehead atoms. The number of sulfone groups is 1. The maximum Gasteiger partial charge on any atom is 0.331 e. The van der Waals surface area contributed by atoms with Crippen LogP contribution in [0.1, 0.15) is 34.3 Å². The molecule has 0 unspecified atom stereocenters. The van der Waals surface area contributed by atoms with Gasteiger partial charge in [0.25, 0.3) is 0 Å². The number of carbonyl (C=O) groups is 2. The number of ketones is 1. The average Bonchev–Trinajstić information content (AvgIpc) is 3.40. The first-order valence-electron chi connectivity index (χ1n) is 9.55. The fraction of sp³-hybridized carbons (Fsp3) is 0.286. The van der Waals surface area contributed by atoms with Crippen molar-refractivity contribution in [2.45, 2.75) is 19.4 Å². The summed E-state index contributed by atoms with van der Waals surface area (Å²) >= 11 is 6.37. The largest absolute Gasteiger partial charge is 0.454 e. The monoisotopic (exact) mass is 462 g/mol. The number of aryl methyl sites for hydroxylation is 1. The smallest absolute Gasteiger partial charge is 0.331 e. The molecule has 2 aromatic heterocycles. The van der Waals surface area contributed by atoms with Gasteiger partial charge in [-0.05, 0) is 31.6 Å². The van der Waals surface area contributed by atoms with Gasteiger partial charge in [0.2, 0.25) is 5.78 Å². The second-order valence-electron chi connectivity index (χ2n) is 7.30. The van der Waals surface area contributed by atoms with Crippen molar-refractivity contribution >= 4 is 50.2 Å². The van der Waals surface area contributed by atoms with Crippen molar-refractivity contribution in [3.8, 4) is 0 Å². The van der Waals surface area contributed by atoms with Crippen LogP contribution in [0.5, 0.6) is 0 Å². The van der Waals surface area contributed by atoms with Gasteiger partial charge in [-0.15, -0.1) is 0 Å². The number of para-hydroxylation sites is 1. The third kappa shape index (κ3) is 4.57. The molecule has 1 saturated heterocycles. The van der Waals surface area contributed by atoms with Crippen molar-refractivity contribution in [2.75, 3.05) is 18.1 Å². The Bertz CT molecular complexity index is 1270. The van der Waals surface area contributed by atoms with E-state index in [1.54, 1.807) is 25.1 Å². The van der Waals surface area contributed by atoms with Crippen LogP contribution < -0.4 is 0 Å². The molecule has 0 saturated carbocycles. The molecule has 1 aliphatic rings. The van der Waals surface area contributed by atoms with E-state index in [9.17, 15) is 18.0 Å². The number of nitrogens with zero attached hydrogens (tertiary/aromatic N) is 2. The lowest BCUT2D eigenvalue weighted by atomic mass is 10.2. The fourth-order valence-electron chi connectivity index (χ4n) is 3.46. The van der Waals surface area contributed by atoms with Crippen molar-refractivity contribution in [1.82, 2.24) is 9.78 Å². The molecule has 0 aliphatic carbocycles. The minimum Gasteiger partial charge on any atom is -0.454 e. The fourth-order valence-corrected chi connectivity index (χ4v) is 5.53. The molecule has 10 heteroatoms. The molecule has 3 aromatic rings. The van der Waals surface area contributed by atoms with Crippen molar-refractivity contribution in [3.05, 3.63) is 58.6 Å².